The van der Waals surface area contributed by atoms with E-state index in [1.807, 2.05) is 19.1 Å². The molecule has 0 aromatic carbocycles. The molecule has 0 unspecified atom stereocenters. The molecule has 0 saturated heterocycles. The fourth-order valence-corrected chi connectivity index (χ4v) is 1.38. The summed E-state index contributed by atoms with van der Waals surface area (Å²) in [5.41, 5.74) is 0.858. The molecule has 0 saturated carbocycles. The molecule has 88 valence electrons. The smallest absolute Gasteiger partial charge is 0.250 e. The third kappa shape index (κ3) is 2.66. The molecule has 0 fully saturated rings. The van der Waals surface area contributed by atoms with Crippen molar-refractivity contribution in [2.45, 2.75) is 19.9 Å². The molecule has 1 amide bonds. The van der Waals surface area contributed by atoms with Crippen LogP contribution in [0.4, 0.5) is 5.82 Å². The number of rotatable bonds is 3. The predicted molar refractivity (Wildman–Crippen MR) is 62.3 cm³/mol. The van der Waals surface area contributed by atoms with Gasteiger partial charge in [0.15, 0.2) is 0 Å². The second-order valence-electron chi connectivity index (χ2n) is 3.70. The normalized spacial score (nSPS) is 12.1. The van der Waals surface area contributed by atoms with Gasteiger partial charge in [0.25, 0.3) is 0 Å². The van der Waals surface area contributed by atoms with Crippen molar-refractivity contribution in [2.75, 3.05) is 5.32 Å². The first-order valence-corrected chi connectivity index (χ1v) is 5.25. The summed E-state index contributed by atoms with van der Waals surface area (Å²) in [4.78, 5) is 19.9. The Morgan fingerprint density at radius 2 is 2.29 bits per heavy atom. The van der Waals surface area contributed by atoms with E-state index in [2.05, 4.69) is 20.4 Å². The highest BCUT2D eigenvalue weighted by Gasteiger charge is 2.15. The third-order valence-electron chi connectivity index (χ3n) is 2.35. The van der Waals surface area contributed by atoms with Crippen LogP contribution in [0.2, 0.25) is 0 Å². The lowest BCUT2D eigenvalue weighted by Gasteiger charge is -2.11. The average molecular weight is 231 g/mol. The summed E-state index contributed by atoms with van der Waals surface area (Å²) in [6.45, 7) is 3.62. The molecule has 2 heterocycles. The molecule has 0 aliphatic heterocycles. The Labute approximate surface area is 98.7 Å². The summed E-state index contributed by atoms with van der Waals surface area (Å²) in [5, 5.41) is 6.65. The summed E-state index contributed by atoms with van der Waals surface area (Å²) in [6, 6.07) is 5.05. The summed E-state index contributed by atoms with van der Waals surface area (Å²) in [6.07, 6.45) is 2.91. The molecular formula is C11H13N5O. The van der Waals surface area contributed by atoms with Crippen LogP contribution in [0.3, 0.4) is 0 Å². The van der Waals surface area contributed by atoms with E-state index in [-0.39, 0.29) is 5.91 Å². The number of nitrogens with zero attached hydrogens (tertiary/aromatic N) is 4. The number of hydrogen-bond acceptors (Lipinski definition) is 4. The van der Waals surface area contributed by atoms with Crippen LogP contribution in [0.25, 0.3) is 0 Å². The Balaban J connectivity index is 2.07. The van der Waals surface area contributed by atoms with E-state index in [0.717, 1.165) is 5.69 Å². The predicted octanol–water partition coefficient (Wildman–Crippen LogP) is 1.18. The summed E-state index contributed by atoms with van der Waals surface area (Å²) in [7, 11) is 0. The number of aromatic nitrogens is 4. The number of carbonyl (C=O) groups is 1. The molecule has 1 atom stereocenters. The van der Waals surface area contributed by atoms with Gasteiger partial charge in [0, 0.05) is 5.69 Å². The van der Waals surface area contributed by atoms with E-state index in [1.54, 1.807) is 13.0 Å². The van der Waals surface area contributed by atoms with Crippen molar-refractivity contribution >= 4 is 11.7 Å². The molecule has 0 spiro atoms. The van der Waals surface area contributed by atoms with Gasteiger partial charge in [-0.3, -0.25) is 4.79 Å². The van der Waals surface area contributed by atoms with Gasteiger partial charge in [0.1, 0.15) is 24.5 Å². The van der Waals surface area contributed by atoms with E-state index in [0.29, 0.717) is 5.82 Å². The topological polar surface area (TPSA) is 72.7 Å². The zero-order valence-corrected chi connectivity index (χ0v) is 9.66. The first-order chi connectivity index (χ1) is 8.16. The quantitative estimate of drug-likeness (QED) is 0.860. The summed E-state index contributed by atoms with van der Waals surface area (Å²) < 4.78 is 1.49. The molecule has 6 nitrogen and oxygen atoms in total. The monoisotopic (exact) mass is 231 g/mol. The Bertz CT molecular complexity index is 508. The minimum atomic E-state index is -0.417. The maximum atomic E-state index is 11.9. The zero-order valence-electron chi connectivity index (χ0n) is 9.66. The third-order valence-corrected chi connectivity index (χ3v) is 2.35. The Morgan fingerprint density at radius 3 is 2.94 bits per heavy atom. The van der Waals surface area contributed by atoms with E-state index in [9.17, 15) is 4.79 Å². The number of anilines is 1. The van der Waals surface area contributed by atoms with Crippen molar-refractivity contribution in [2.24, 2.45) is 0 Å². The van der Waals surface area contributed by atoms with Gasteiger partial charge in [-0.2, -0.15) is 5.10 Å². The highest BCUT2D eigenvalue weighted by Crippen LogP contribution is 2.08. The first kappa shape index (κ1) is 11.3. The molecular weight excluding hydrogens is 218 g/mol. The molecule has 2 aromatic heterocycles. The molecule has 0 aliphatic carbocycles. The standard InChI is InChI=1S/C11H13N5O/c1-8-4-3-5-10(14-8)15-11(17)9(2)16-7-12-6-13-16/h3-7,9H,1-2H3,(H,14,15,17)/t9-/m0/s1. The van der Waals surface area contributed by atoms with Crippen LogP contribution in [0.15, 0.2) is 30.9 Å². The van der Waals surface area contributed by atoms with Gasteiger partial charge in [-0.05, 0) is 26.0 Å². The molecule has 0 bridgehead atoms. The molecule has 17 heavy (non-hydrogen) atoms. The van der Waals surface area contributed by atoms with Crippen molar-refractivity contribution < 1.29 is 4.79 Å². The van der Waals surface area contributed by atoms with Crippen LogP contribution >= 0.6 is 0 Å². The van der Waals surface area contributed by atoms with Crippen molar-refractivity contribution in [3.05, 3.63) is 36.5 Å². The molecule has 1 N–H and O–H groups in total. The molecule has 2 aromatic rings. The minimum Gasteiger partial charge on any atom is -0.309 e. The molecule has 0 radical (unpaired) electrons. The maximum Gasteiger partial charge on any atom is 0.250 e. The molecule has 6 heteroatoms. The lowest BCUT2D eigenvalue weighted by atomic mass is 10.3. The van der Waals surface area contributed by atoms with E-state index >= 15 is 0 Å². The average Bonchev–Trinajstić information content (AvgIpc) is 2.81. The Kier molecular flexibility index (Phi) is 3.13. The van der Waals surface area contributed by atoms with Crippen LogP contribution in [-0.4, -0.2) is 25.7 Å². The highest BCUT2D eigenvalue weighted by atomic mass is 16.2. The van der Waals surface area contributed by atoms with Crippen molar-refractivity contribution in [1.29, 1.82) is 0 Å². The Hall–Kier alpha value is -2.24. The fourth-order valence-electron chi connectivity index (χ4n) is 1.38. The number of amides is 1. The van der Waals surface area contributed by atoms with Gasteiger partial charge in [-0.25, -0.2) is 14.6 Å². The van der Waals surface area contributed by atoms with Crippen LogP contribution in [0.5, 0.6) is 0 Å². The molecule has 0 aliphatic rings. The summed E-state index contributed by atoms with van der Waals surface area (Å²) in [5.74, 6) is 0.371. The van der Waals surface area contributed by atoms with Crippen LogP contribution in [0, 0.1) is 6.92 Å². The zero-order chi connectivity index (χ0) is 12.3. The van der Waals surface area contributed by atoms with E-state index in [4.69, 9.17) is 0 Å². The number of nitrogens with one attached hydrogen (secondary N) is 1. The van der Waals surface area contributed by atoms with Crippen molar-refractivity contribution in [3.8, 4) is 0 Å². The number of aryl methyl sites for hydroxylation is 1. The fraction of sp³-hybridized carbons (Fsp3) is 0.273. The summed E-state index contributed by atoms with van der Waals surface area (Å²) >= 11 is 0. The highest BCUT2D eigenvalue weighted by molar-refractivity contribution is 5.92. The van der Waals surface area contributed by atoms with Gasteiger partial charge in [-0.15, -0.1) is 0 Å². The second kappa shape index (κ2) is 4.73. The largest absolute Gasteiger partial charge is 0.309 e. The maximum absolute atomic E-state index is 11.9. The van der Waals surface area contributed by atoms with Crippen molar-refractivity contribution in [3.63, 3.8) is 0 Å². The number of hydrogen-bond donors (Lipinski definition) is 1. The van der Waals surface area contributed by atoms with Gasteiger partial charge < -0.3 is 5.32 Å². The van der Waals surface area contributed by atoms with E-state index in [1.165, 1.54) is 17.3 Å². The van der Waals surface area contributed by atoms with Crippen molar-refractivity contribution in [1.82, 2.24) is 19.7 Å². The Morgan fingerprint density at radius 1 is 1.47 bits per heavy atom. The van der Waals surface area contributed by atoms with Crippen LogP contribution in [-0.2, 0) is 4.79 Å². The van der Waals surface area contributed by atoms with Gasteiger partial charge in [-0.1, -0.05) is 6.07 Å². The van der Waals surface area contributed by atoms with Crippen LogP contribution in [0.1, 0.15) is 18.7 Å². The SMILES string of the molecule is Cc1cccc(NC(=O)[C@H](C)n2cncn2)n1. The van der Waals surface area contributed by atoms with Gasteiger partial charge in [0.05, 0.1) is 0 Å². The number of pyridine rings is 1. The molecule has 2 rings (SSSR count). The van der Waals surface area contributed by atoms with Crippen LogP contribution < -0.4 is 5.32 Å². The lowest BCUT2D eigenvalue weighted by Crippen LogP contribution is -2.24. The minimum absolute atomic E-state index is 0.173. The van der Waals surface area contributed by atoms with Gasteiger partial charge in [0.2, 0.25) is 5.91 Å². The van der Waals surface area contributed by atoms with E-state index < -0.39 is 6.04 Å². The second-order valence-corrected chi connectivity index (χ2v) is 3.70. The number of carbonyl (C=O) groups excluding carboxylic acids is 1. The lowest BCUT2D eigenvalue weighted by molar-refractivity contribution is -0.119. The first-order valence-electron chi connectivity index (χ1n) is 5.25. The van der Waals surface area contributed by atoms with Gasteiger partial charge >= 0.3 is 0 Å².